The molecule has 1 rings (SSSR count). The summed E-state index contributed by atoms with van der Waals surface area (Å²) in [5, 5.41) is 0. The van der Waals surface area contributed by atoms with Crippen molar-refractivity contribution in [3.8, 4) is 5.75 Å². The van der Waals surface area contributed by atoms with Gasteiger partial charge in [0.25, 0.3) is 5.91 Å². The van der Waals surface area contributed by atoms with Crippen LogP contribution in [0, 0.1) is 0 Å². The Morgan fingerprint density at radius 3 is 2.87 bits per heavy atom. The predicted octanol–water partition coefficient (Wildman–Crippen LogP) is 2.31. The molecule has 15 heavy (non-hydrogen) atoms. The summed E-state index contributed by atoms with van der Waals surface area (Å²) < 4.78 is 6.29. The highest BCUT2D eigenvalue weighted by Crippen LogP contribution is 2.17. The highest BCUT2D eigenvalue weighted by atomic mass is 79.9. The number of carbonyl (C=O) groups is 1. The summed E-state index contributed by atoms with van der Waals surface area (Å²) in [5.41, 5.74) is 0. The third kappa shape index (κ3) is 3.91. The summed E-state index contributed by atoms with van der Waals surface area (Å²) in [6, 6.07) is 7.43. The molecule has 0 saturated heterocycles. The maximum absolute atomic E-state index is 11.4. The van der Waals surface area contributed by atoms with E-state index >= 15 is 0 Å². The van der Waals surface area contributed by atoms with Gasteiger partial charge in [0, 0.05) is 18.1 Å². The molecule has 0 spiro atoms. The first-order chi connectivity index (χ1) is 7.13. The topological polar surface area (TPSA) is 29.5 Å². The van der Waals surface area contributed by atoms with Crippen LogP contribution < -0.4 is 4.74 Å². The summed E-state index contributed by atoms with van der Waals surface area (Å²) in [7, 11) is 1.76. The number of halogens is 1. The predicted molar refractivity (Wildman–Crippen MR) is 62.9 cm³/mol. The molecule has 0 aromatic heterocycles. The van der Waals surface area contributed by atoms with Gasteiger partial charge in [0.15, 0.2) is 6.61 Å². The van der Waals surface area contributed by atoms with Gasteiger partial charge in [-0.3, -0.25) is 4.79 Å². The first-order valence-corrected chi connectivity index (χ1v) is 5.55. The van der Waals surface area contributed by atoms with Crippen LogP contribution in [0.2, 0.25) is 0 Å². The molecule has 3 nitrogen and oxygen atoms in total. The fourth-order valence-corrected chi connectivity index (χ4v) is 1.37. The van der Waals surface area contributed by atoms with E-state index in [0.717, 1.165) is 4.47 Å². The van der Waals surface area contributed by atoms with Gasteiger partial charge in [-0.15, -0.1) is 0 Å². The molecule has 0 N–H and O–H groups in total. The number of rotatable bonds is 4. The van der Waals surface area contributed by atoms with Gasteiger partial charge in [-0.05, 0) is 25.1 Å². The Bertz CT molecular complexity index is 341. The van der Waals surface area contributed by atoms with Gasteiger partial charge in [0.2, 0.25) is 0 Å². The average Bonchev–Trinajstić information content (AvgIpc) is 2.25. The number of nitrogens with zero attached hydrogens (tertiary/aromatic N) is 1. The fourth-order valence-electron chi connectivity index (χ4n) is 0.988. The summed E-state index contributed by atoms with van der Waals surface area (Å²) in [4.78, 5) is 13.0. The van der Waals surface area contributed by atoms with E-state index in [2.05, 4.69) is 15.9 Å². The lowest BCUT2D eigenvalue weighted by Gasteiger charge is -2.14. The standard InChI is InChI=1S/C11H14BrNO2/c1-3-13(2)11(14)8-15-10-6-4-5-9(12)7-10/h4-7H,3,8H2,1-2H3. The molecule has 0 aliphatic heterocycles. The molecule has 4 heteroatoms. The smallest absolute Gasteiger partial charge is 0.260 e. The number of hydrogen-bond acceptors (Lipinski definition) is 2. The molecule has 0 saturated carbocycles. The van der Waals surface area contributed by atoms with Crippen molar-refractivity contribution >= 4 is 21.8 Å². The second-order valence-corrected chi connectivity index (χ2v) is 4.07. The lowest BCUT2D eigenvalue weighted by molar-refractivity contribution is -0.131. The molecule has 0 fully saturated rings. The second-order valence-electron chi connectivity index (χ2n) is 3.15. The average molecular weight is 272 g/mol. The second kappa shape index (κ2) is 5.75. The largest absolute Gasteiger partial charge is 0.484 e. The number of likely N-dealkylation sites (N-methyl/N-ethyl adjacent to an activating group) is 1. The first-order valence-electron chi connectivity index (χ1n) is 4.75. The Morgan fingerprint density at radius 1 is 1.53 bits per heavy atom. The van der Waals surface area contributed by atoms with Crippen molar-refractivity contribution < 1.29 is 9.53 Å². The van der Waals surface area contributed by atoms with Gasteiger partial charge in [0.1, 0.15) is 5.75 Å². The van der Waals surface area contributed by atoms with Gasteiger partial charge in [-0.25, -0.2) is 0 Å². The first kappa shape index (κ1) is 12.0. The molecule has 0 atom stereocenters. The minimum absolute atomic E-state index is 0.0162. The molecule has 0 radical (unpaired) electrons. The third-order valence-electron chi connectivity index (χ3n) is 2.06. The van der Waals surface area contributed by atoms with E-state index in [4.69, 9.17) is 4.74 Å². The van der Waals surface area contributed by atoms with Crippen LogP contribution in [0.25, 0.3) is 0 Å². The van der Waals surface area contributed by atoms with E-state index in [9.17, 15) is 4.79 Å². The molecule has 0 aliphatic rings. The summed E-state index contributed by atoms with van der Waals surface area (Å²) in [6.45, 7) is 2.71. The monoisotopic (exact) mass is 271 g/mol. The Morgan fingerprint density at radius 2 is 2.27 bits per heavy atom. The van der Waals surface area contributed by atoms with Gasteiger partial charge in [-0.1, -0.05) is 22.0 Å². The molecule has 1 aromatic rings. The summed E-state index contributed by atoms with van der Waals surface area (Å²) in [5.74, 6) is 0.680. The van der Waals surface area contributed by atoms with E-state index in [0.29, 0.717) is 12.3 Å². The summed E-state index contributed by atoms with van der Waals surface area (Å²) in [6.07, 6.45) is 0. The van der Waals surface area contributed by atoms with Crippen molar-refractivity contribution in [1.82, 2.24) is 4.90 Å². The Balaban J connectivity index is 2.47. The third-order valence-corrected chi connectivity index (χ3v) is 2.55. The molecule has 0 unspecified atom stereocenters. The van der Waals surface area contributed by atoms with Crippen molar-refractivity contribution in [2.45, 2.75) is 6.92 Å². The quantitative estimate of drug-likeness (QED) is 0.841. The molecule has 0 bridgehead atoms. The SMILES string of the molecule is CCN(C)C(=O)COc1cccc(Br)c1. The van der Waals surface area contributed by atoms with Crippen molar-refractivity contribution in [1.29, 1.82) is 0 Å². The van der Waals surface area contributed by atoms with Crippen LogP contribution in [0.4, 0.5) is 0 Å². The number of carbonyl (C=O) groups excluding carboxylic acids is 1. The lowest BCUT2D eigenvalue weighted by atomic mass is 10.3. The Hall–Kier alpha value is -1.03. The molecular weight excluding hydrogens is 258 g/mol. The van der Waals surface area contributed by atoms with Crippen molar-refractivity contribution in [3.05, 3.63) is 28.7 Å². The summed E-state index contributed by atoms with van der Waals surface area (Å²) >= 11 is 3.34. The highest BCUT2D eigenvalue weighted by Gasteiger charge is 2.06. The van der Waals surface area contributed by atoms with Crippen molar-refractivity contribution in [2.24, 2.45) is 0 Å². The van der Waals surface area contributed by atoms with Gasteiger partial charge >= 0.3 is 0 Å². The maximum atomic E-state index is 11.4. The van der Waals surface area contributed by atoms with Gasteiger partial charge in [0.05, 0.1) is 0 Å². The van der Waals surface area contributed by atoms with Crippen LogP contribution in [0.1, 0.15) is 6.92 Å². The van der Waals surface area contributed by atoms with Crippen LogP contribution in [0.15, 0.2) is 28.7 Å². The Kier molecular flexibility index (Phi) is 4.62. The lowest BCUT2D eigenvalue weighted by Crippen LogP contribution is -2.31. The van der Waals surface area contributed by atoms with Crippen molar-refractivity contribution in [3.63, 3.8) is 0 Å². The fraction of sp³-hybridized carbons (Fsp3) is 0.364. The van der Waals surface area contributed by atoms with Crippen LogP contribution in [-0.4, -0.2) is 31.0 Å². The highest BCUT2D eigenvalue weighted by molar-refractivity contribution is 9.10. The molecule has 82 valence electrons. The molecule has 0 aliphatic carbocycles. The number of benzene rings is 1. The maximum Gasteiger partial charge on any atom is 0.260 e. The van der Waals surface area contributed by atoms with Crippen LogP contribution in [-0.2, 0) is 4.79 Å². The molecule has 1 aromatic carbocycles. The molecular formula is C11H14BrNO2. The normalized spacial score (nSPS) is 9.80. The van der Waals surface area contributed by atoms with E-state index in [1.807, 2.05) is 31.2 Å². The minimum Gasteiger partial charge on any atom is -0.484 e. The van der Waals surface area contributed by atoms with Gasteiger partial charge < -0.3 is 9.64 Å². The van der Waals surface area contributed by atoms with Gasteiger partial charge in [-0.2, -0.15) is 0 Å². The number of hydrogen-bond donors (Lipinski definition) is 0. The van der Waals surface area contributed by atoms with E-state index < -0.39 is 0 Å². The zero-order valence-corrected chi connectivity index (χ0v) is 10.5. The van der Waals surface area contributed by atoms with E-state index in [-0.39, 0.29) is 12.5 Å². The van der Waals surface area contributed by atoms with Crippen molar-refractivity contribution in [2.75, 3.05) is 20.2 Å². The van der Waals surface area contributed by atoms with Crippen LogP contribution in [0.5, 0.6) is 5.75 Å². The van der Waals surface area contributed by atoms with E-state index in [1.165, 1.54) is 0 Å². The number of amides is 1. The number of ether oxygens (including phenoxy) is 1. The zero-order chi connectivity index (χ0) is 11.3. The Labute approximate surface area is 98.2 Å². The molecule has 1 amide bonds. The van der Waals surface area contributed by atoms with E-state index in [1.54, 1.807) is 11.9 Å². The zero-order valence-electron chi connectivity index (χ0n) is 8.87. The molecule has 0 heterocycles. The van der Waals surface area contributed by atoms with Crippen LogP contribution >= 0.6 is 15.9 Å². The van der Waals surface area contributed by atoms with Crippen LogP contribution in [0.3, 0.4) is 0 Å². The minimum atomic E-state index is -0.0162.